The maximum absolute atomic E-state index is 12.0. The summed E-state index contributed by atoms with van der Waals surface area (Å²) in [7, 11) is 0. The number of nitrogens with zero attached hydrogens (tertiary/aromatic N) is 1. The van der Waals surface area contributed by atoms with Crippen molar-refractivity contribution in [3.63, 3.8) is 0 Å². The summed E-state index contributed by atoms with van der Waals surface area (Å²) < 4.78 is 0. The molecule has 2 saturated carbocycles. The normalized spacial score (nSPS) is 20.2. The summed E-state index contributed by atoms with van der Waals surface area (Å²) >= 11 is 0. The van der Waals surface area contributed by atoms with Gasteiger partial charge in [0.2, 0.25) is 5.91 Å². The molecular weight excluding hydrogens is 206 g/mol. The van der Waals surface area contributed by atoms with Gasteiger partial charge in [0.15, 0.2) is 0 Å². The molecule has 1 N–H and O–H groups in total. The Morgan fingerprint density at radius 1 is 1.19 bits per heavy atom. The molecule has 0 aliphatic heterocycles. The second-order valence-corrected chi connectivity index (χ2v) is 4.96. The van der Waals surface area contributed by atoms with Crippen LogP contribution in [0.2, 0.25) is 0 Å². The number of amides is 1. The predicted molar refractivity (Wildman–Crippen MR) is 58.9 cm³/mol. The standard InChI is InChI=1S/C12H19NO3/c14-11(8-9-2-1-3-9)13(10-4-5-10)7-6-12(15)16/h9-10H,1-8H2,(H,15,16). The van der Waals surface area contributed by atoms with Crippen LogP contribution < -0.4 is 0 Å². The fraction of sp³-hybridized carbons (Fsp3) is 0.833. The number of rotatable bonds is 6. The van der Waals surface area contributed by atoms with Gasteiger partial charge in [0.05, 0.1) is 6.42 Å². The molecule has 0 radical (unpaired) electrons. The minimum atomic E-state index is -0.818. The second kappa shape index (κ2) is 4.85. The number of carbonyl (C=O) groups excluding carboxylic acids is 1. The molecule has 0 saturated heterocycles. The van der Waals surface area contributed by atoms with Crippen LogP contribution in [0.5, 0.6) is 0 Å². The monoisotopic (exact) mass is 225 g/mol. The van der Waals surface area contributed by atoms with Gasteiger partial charge in [0, 0.05) is 19.0 Å². The molecule has 16 heavy (non-hydrogen) atoms. The Labute approximate surface area is 95.6 Å². The van der Waals surface area contributed by atoms with Crippen LogP contribution in [0.4, 0.5) is 0 Å². The third-order valence-corrected chi connectivity index (χ3v) is 3.56. The Morgan fingerprint density at radius 2 is 1.88 bits per heavy atom. The Kier molecular flexibility index (Phi) is 3.46. The topological polar surface area (TPSA) is 57.6 Å². The molecule has 0 aromatic heterocycles. The lowest BCUT2D eigenvalue weighted by Crippen LogP contribution is -2.36. The van der Waals surface area contributed by atoms with E-state index in [4.69, 9.17) is 5.11 Å². The molecule has 1 amide bonds. The van der Waals surface area contributed by atoms with Gasteiger partial charge in [-0.05, 0) is 31.6 Å². The van der Waals surface area contributed by atoms with Crippen molar-refractivity contribution in [1.29, 1.82) is 0 Å². The van der Waals surface area contributed by atoms with E-state index in [1.54, 1.807) is 4.90 Å². The van der Waals surface area contributed by atoms with Crippen LogP contribution in [0.3, 0.4) is 0 Å². The van der Waals surface area contributed by atoms with Gasteiger partial charge in [-0.25, -0.2) is 0 Å². The first kappa shape index (κ1) is 11.4. The zero-order valence-electron chi connectivity index (χ0n) is 9.52. The molecule has 0 unspecified atom stereocenters. The highest BCUT2D eigenvalue weighted by molar-refractivity contribution is 5.78. The number of carbonyl (C=O) groups is 2. The van der Waals surface area contributed by atoms with E-state index >= 15 is 0 Å². The summed E-state index contributed by atoms with van der Waals surface area (Å²) in [6.45, 7) is 0.394. The van der Waals surface area contributed by atoms with Crippen LogP contribution in [-0.4, -0.2) is 34.5 Å². The summed E-state index contributed by atoms with van der Waals surface area (Å²) in [4.78, 5) is 24.3. The molecule has 2 rings (SSSR count). The van der Waals surface area contributed by atoms with Gasteiger partial charge in [-0.1, -0.05) is 6.42 Å². The van der Waals surface area contributed by atoms with Gasteiger partial charge in [-0.2, -0.15) is 0 Å². The lowest BCUT2D eigenvalue weighted by Gasteiger charge is -2.28. The Morgan fingerprint density at radius 3 is 2.31 bits per heavy atom. The van der Waals surface area contributed by atoms with E-state index in [0.29, 0.717) is 24.9 Å². The quantitative estimate of drug-likeness (QED) is 0.747. The zero-order valence-corrected chi connectivity index (χ0v) is 9.52. The van der Waals surface area contributed by atoms with Crippen molar-refractivity contribution in [3.05, 3.63) is 0 Å². The van der Waals surface area contributed by atoms with E-state index in [1.165, 1.54) is 19.3 Å². The minimum absolute atomic E-state index is 0.0763. The molecule has 0 bridgehead atoms. The number of hydrogen-bond acceptors (Lipinski definition) is 2. The summed E-state index contributed by atoms with van der Waals surface area (Å²) in [6, 6.07) is 0.340. The average Bonchev–Trinajstić information content (AvgIpc) is 2.95. The molecule has 0 aromatic carbocycles. The Bertz CT molecular complexity index is 282. The molecular formula is C12H19NO3. The van der Waals surface area contributed by atoms with Crippen LogP contribution in [-0.2, 0) is 9.59 Å². The van der Waals surface area contributed by atoms with Crippen molar-refractivity contribution < 1.29 is 14.7 Å². The van der Waals surface area contributed by atoms with Crippen molar-refractivity contribution in [3.8, 4) is 0 Å². The molecule has 0 heterocycles. The van der Waals surface area contributed by atoms with Crippen molar-refractivity contribution in [2.75, 3.05) is 6.54 Å². The van der Waals surface area contributed by atoms with Crippen LogP contribution in [0, 0.1) is 5.92 Å². The van der Waals surface area contributed by atoms with Gasteiger partial charge in [-0.3, -0.25) is 9.59 Å². The fourth-order valence-electron chi connectivity index (χ4n) is 2.17. The smallest absolute Gasteiger partial charge is 0.305 e. The Hall–Kier alpha value is -1.06. The molecule has 4 nitrogen and oxygen atoms in total. The molecule has 2 fully saturated rings. The van der Waals surface area contributed by atoms with Crippen LogP contribution >= 0.6 is 0 Å². The molecule has 0 spiro atoms. The molecule has 2 aliphatic carbocycles. The van der Waals surface area contributed by atoms with E-state index in [0.717, 1.165) is 12.8 Å². The van der Waals surface area contributed by atoms with Gasteiger partial charge in [0.25, 0.3) is 0 Å². The van der Waals surface area contributed by atoms with E-state index in [1.807, 2.05) is 0 Å². The number of carboxylic acids is 1. The molecule has 0 aromatic rings. The van der Waals surface area contributed by atoms with Crippen LogP contribution in [0.1, 0.15) is 44.9 Å². The Balaban J connectivity index is 1.80. The van der Waals surface area contributed by atoms with Crippen molar-refractivity contribution in [1.82, 2.24) is 4.90 Å². The summed E-state index contributed by atoms with van der Waals surface area (Å²) in [5.74, 6) is -0.0749. The van der Waals surface area contributed by atoms with E-state index in [2.05, 4.69) is 0 Å². The first-order valence-corrected chi connectivity index (χ1v) is 6.18. The fourth-order valence-corrected chi connectivity index (χ4v) is 2.17. The van der Waals surface area contributed by atoms with Gasteiger partial charge in [0.1, 0.15) is 0 Å². The summed E-state index contributed by atoms with van der Waals surface area (Å²) in [6.07, 6.45) is 6.40. The SMILES string of the molecule is O=C(O)CCN(C(=O)CC1CCC1)C1CC1. The lowest BCUT2D eigenvalue weighted by molar-refractivity contribution is -0.139. The number of aliphatic carboxylic acids is 1. The van der Waals surface area contributed by atoms with E-state index in [-0.39, 0.29) is 12.3 Å². The van der Waals surface area contributed by atoms with Crippen molar-refractivity contribution >= 4 is 11.9 Å². The molecule has 0 atom stereocenters. The summed E-state index contributed by atoms with van der Waals surface area (Å²) in [5, 5.41) is 8.65. The van der Waals surface area contributed by atoms with E-state index < -0.39 is 5.97 Å². The molecule has 4 heteroatoms. The molecule has 90 valence electrons. The van der Waals surface area contributed by atoms with Crippen molar-refractivity contribution in [2.45, 2.75) is 51.0 Å². The largest absolute Gasteiger partial charge is 0.481 e. The third kappa shape index (κ3) is 2.97. The van der Waals surface area contributed by atoms with E-state index in [9.17, 15) is 9.59 Å². The van der Waals surface area contributed by atoms with Gasteiger partial charge < -0.3 is 10.0 Å². The van der Waals surface area contributed by atoms with Crippen LogP contribution in [0.25, 0.3) is 0 Å². The molecule has 2 aliphatic rings. The third-order valence-electron chi connectivity index (χ3n) is 3.56. The summed E-state index contributed by atoms with van der Waals surface area (Å²) in [5.41, 5.74) is 0. The average molecular weight is 225 g/mol. The zero-order chi connectivity index (χ0) is 11.5. The number of hydrogen-bond donors (Lipinski definition) is 1. The lowest BCUT2D eigenvalue weighted by atomic mass is 9.82. The minimum Gasteiger partial charge on any atom is -0.481 e. The maximum atomic E-state index is 12.0. The maximum Gasteiger partial charge on any atom is 0.305 e. The van der Waals surface area contributed by atoms with Gasteiger partial charge >= 0.3 is 5.97 Å². The first-order valence-electron chi connectivity index (χ1n) is 6.18. The first-order chi connectivity index (χ1) is 7.66. The number of carboxylic acid groups (broad SMARTS) is 1. The second-order valence-electron chi connectivity index (χ2n) is 4.96. The predicted octanol–water partition coefficient (Wildman–Crippen LogP) is 1.64. The van der Waals surface area contributed by atoms with Crippen molar-refractivity contribution in [2.24, 2.45) is 5.92 Å². The highest BCUT2D eigenvalue weighted by Crippen LogP contribution is 2.33. The highest BCUT2D eigenvalue weighted by atomic mass is 16.4. The highest BCUT2D eigenvalue weighted by Gasteiger charge is 2.34. The van der Waals surface area contributed by atoms with Crippen LogP contribution in [0.15, 0.2) is 0 Å². The van der Waals surface area contributed by atoms with Gasteiger partial charge in [-0.15, -0.1) is 0 Å².